The minimum atomic E-state index is 0.205. The van der Waals surface area contributed by atoms with Gasteiger partial charge in [-0.1, -0.05) is 26.2 Å². The molecule has 0 radical (unpaired) electrons. The highest BCUT2D eigenvalue weighted by Gasteiger charge is 1.98. The molecule has 0 N–H and O–H groups in total. The zero-order chi connectivity index (χ0) is 9.23. The Labute approximate surface area is 74.3 Å². The van der Waals surface area contributed by atoms with Crippen molar-refractivity contribution in [2.24, 2.45) is 5.92 Å². The van der Waals surface area contributed by atoms with Gasteiger partial charge in [-0.15, -0.1) is 0 Å². The van der Waals surface area contributed by atoms with Crippen LogP contribution in [0.2, 0.25) is 0 Å². The molecule has 1 unspecified atom stereocenters. The lowest BCUT2D eigenvalue weighted by molar-refractivity contribution is -0.110. The second-order valence-corrected chi connectivity index (χ2v) is 3.27. The summed E-state index contributed by atoms with van der Waals surface area (Å²) in [6.45, 7) is 1.94. The Bertz CT molecular complexity index is 121. The minimum Gasteiger partial charge on any atom is -0.303 e. The molecule has 0 rings (SSSR count). The lowest BCUT2D eigenvalue weighted by Gasteiger charge is -2.01. The average molecular weight is 170 g/mol. The van der Waals surface area contributed by atoms with Crippen molar-refractivity contribution >= 4 is 12.6 Å². The first kappa shape index (κ1) is 11.3. The summed E-state index contributed by atoms with van der Waals surface area (Å²) in [5.74, 6) is 0.205. The quantitative estimate of drug-likeness (QED) is 0.414. The van der Waals surface area contributed by atoms with Crippen LogP contribution in [0.5, 0.6) is 0 Å². The van der Waals surface area contributed by atoms with Gasteiger partial charge < -0.3 is 9.59 Å². The van der Waals surface area contributed by atoms with Gasteiger partial charge in [-0.3, -0.25) is 0 Å². The van der Waals surface area contributed by atoms with Crippen molar-refractivity contribution in [1.82, 2.24) is 0 Å². The summed E-state index contributed by atoms with van der Waals surface area (Å²) in [6, 6.07) is 0. The van der Waals surface area contributed by atoms with Gasteiger partial charge in [0.15, 0.2) is 0 Å². The van der Waals surface area contributed by atoms with Gasteiger partial charge in [0.1, 0.15) is 12.6 Å². The minimum absolute atomic E-state index is 0.205. The zero-order valence-electron chi connectivity index (χ0n) is 7.79. The summed E-state index contributed by atoms with van der Waals surface area (Å²) in [5, 5.41) is 0. The zero-order valence-corrected chi connectivity index (χ0v) is 7.79. The third-order valence-electron chi connectivity index (χ3n) is 1.96. The van der Waals surface area contributed by atoms with Gasteiger partial charge >= 0.3 is 0 Å². The van der Waals surface area contributed by atoms with Gasteiger partial charge in [0.05, 0.1) is 0 Å². The van der Waals surface area contributed by atoms with Crippen LogP contribution in [-0.2, 0) is 9.59 Å². The average Bonchev–Trinajstić information content (AvgIpc) is 2.10. The van der Waals surface area contributed by atoms with E-state index in [-0.39, 0.29) is 5.92 Å². The van der Waals surface area contributed by atoms with E-state index in [9.17, 15) is 9.59 Å². The molecule has 0 bridgehead atoms. The fourth-order valence-corrected chi connectivity index (χ4v) is 1.12. The first-order valence-electron chi connectivity index (χ1n) is 4.70. The normalized spacial score (nSPS) is 12.4. The maximum absolute atomic E-state index is 10.2. The van der Waals surface area contributed by atoms with Gasteiger partial charge in [-0.25, -0.2) is 0 Å². The number of unbranched alkanes of at least 4 members (excludes halogenated alkanes) is 4. The molecule has 0 aliphatic carbocycles. The highest BCUT2D eigenvalue weighted by atomic mass is 16.1. The fraction of sp³-hybridized carbons (Fsp3) is 0.800. The summed E-state index contributed by atoms with van der Waals surface area (Å²) in [7, 11) is 0. The SMILES string of the molecule is CC(C=O)CCCCCCC=O. The molecule has 2 heteroatoms. The van der Waals surface area contributed by atoms with Crippen LogP contribution in [0.15, 0.2) is 0 Å². The second-order valence-electron chi connectivity index (χ2n) is 3.27. The molecular formula is C10H18O2. The number of hydrogen-bond donors (Lipinski definition) is 0. The first-order chi connectivity index (χ1) is 5.81. The van der Waals surface area contributed by atoms with Crippen molar-refractivity contribution in [2.75, 3.05) is 0 Å². The Balaban J connectivity index is 2.99. The van der Waals surface area contributed by atoms with Crippen LogP contribution >= 0.6 is 0 Å². The van der Waals surface area contributed by atoms with Crippen molar-refractivity contribution in [3.63, 3.8) is 0 Å². The molecule has 0 saturated carbocycles. The number of rotatable bonds is 8. The predicted molar refractivity (Wildman–Crippen MR) is 49.0 cm³/mol. The molecule has 0 spiro atoms. The van der Waals surface area contributed by atoms with E-state index in [1.54, 1.807) is 0 Å². The monoisotopic (exact) mass is 170 g/mol. The topological polar surface area (TPSA) is 34.1 Å². The standard InChI is InChI=1S/C10H18O2/c1-10(9-12)7-5-3-2-4-6-8-11/h8-10H,2-7H2,1H3. The molecule has 0 heterocycles. The smallest absolute Gasteiger partial charge is 0.122 e. The number of aldehydes is 2. The number of carbonyl (C=O) groups excluding carboxylic acids is 2. The summed E-state index contributed by atoms with van der Waals surface area (Å²) in [6.07, 6.45) is 8.02. The molecule has 0 aromatic heterocycles. The molecule has 70 valence electrons. The van der Waals surface area contributed by atoms with Crippen LogP contribution in [0.1, 0.15) is 45.4 Å². The van der Waals surface area contributed by atoms with E-state index in [1.807, 2.05) is 6.92 Å². The van der Waals surface area contributed by atoms with Crippen LogP contribution in [0, 0.1) is 5.92 Å². The van der Waals surface area contributed by atoms with Crippen LogP contribution < -0.4 is 0 Å². The van der Waals surface area contributed by atoms with Gasteiger partial charge in [0, 0.05) is 12.3 Å². The lowest BCUT2D eigenvalue weighted by atomic mass is 10.0. The Kier molecular flexibility index (Phi) is 7.97. The largest absolute Gasteiger partial charge is 0.303 e. The van der Waals surface area contributed by atoms with E-state index in [1.165, 1.54) is 0 Å². The number of carbonyl (C=O) groups is 2. The molecule has 0 aliphatic heterocycles. The lowest BCUT2D eigenvalue weighted by Crippen LogP contribution is -1.94. The van der Waals surface area contributed by atoms with E-state index >= 15 is 0 Å². The summed E-state index contributed by atoms with van der Waals surface area (Å²) >= 11 is 0. The highest BCUT2D eigenvalue weighted by Crippen LogP contribution is 2.08. The Morgan fingerprint density at radius 3 is 2.33 bits per heavy atom. The molecule has 12 heavy (non-hydrogen) atoms. The third-order valence-corrected chi connectivity index (χ3v) is 1.96. The maximum Gasteiger partial charge on any atom is 0.122 e. The number of hydrogen-bond acceptors (Lipinski definition) is 2. The van der Waals surface area contributed by atoms with E-state index in [4.69, 9.17) is 0 Å². The Hall–Kier alpha value is -0.660. The molecule has 0 aliphatic rings. The van der Waals surface area contributed by atoms with Gasteiger partial charge in [-0.2, -0.15) is 0 Å². The van der Waals surface area contributed by atoms with Crippen LogP contribution in [0.4, 0.5) is 0 Å². The van der Waals surface area contributed by atoms with E-state index in [2.05, 4.69) is 0 Å². The van der Waals surface area contributed by atoms with Gasteiger partial charge in [-0.05, 0) is 12.8 Å². The predicted octanol–water partition coefficient (Wildman–Crippen LogP) is 2.36. The molecular weight excluding hydrogens is 152 g/mol. The van der Waals surface area contributed by atoms with E-state index < -0.39 is 0 Å². The first-order valence-corrected chi connectivity index (χ1v) is 4.70. The second kappa shape index (κ2) is 8.44. The van der Waals surface area contributed by atoms with Crippen molar-refractivity contribution in [3.8, 4) is 0 Å². The molecule has 2 nitrogen and oxygen atoms in total. The van der Waals surface area contributed by atoms with Gasteiger partial charge in [0.25, 0.3) is 0 Å². The summed E-state index contributed by atoms with van der Waals surface area (Å²) < 4.78 is 0. The molecule has 0 saturated heterocycles. The van der Waals surface area contributed by atoms with Crippen molar-refractivity contribution in [3.05, 3.63) is 0 Å². The van der Waals surface area contributed by atoms with Crippen molar-refractivity contribution < 1.29 is 9.59 Å². The third kappa shape index (κ3) is 7.45. The van der Waals surface area contributed by atoms with Crippen molar-refractivity contribution in [2.45, 2.75) is 45.4 Å². The molecule has 0 amide bonds. The Morgan fingerprint density at radius 2 is 1.75 bits per heavy atom. The summed E-state index contributed by atoms with van der Waals surface area (Å²) in [5.41, 5.74) is 0. The Morgan fingerprint density at radius 1 is 1.08 bits per heavy atom. The highest BCUT2D eigenvalue weighted by molar-refractivity contribution is 5.52. The summed E-state index contributed by atoms with van der Waals surface area (Å²) in [4.78, 5) is 20.2. The van der Waals surface area contributed by atoms with Crippen LogP contribution in [0.3, 0.4) is 0 Å². The fourth-order valence-electron chi connectivity index (χ4n) is 1.12. The molecule has 0 fully saturated rings. The van der Waals surface area contributed by atoms with Gasteiger partial charge in [0.2, 0.25) is 0 Å². The molecule has 0 aromatic carbocycles. The van der Waals surface area contributed by atoms with E-state index in [0.717, 1.165) is 44.7 Å². The molecule has 0 aromatic rings. The van der Waals surface area contributed by atoms with Crippen molar-refractivity contribution in [1.29, 1.82) is 0 Å². The van der Waals surface area contributed by atoms with E-state index in [0.29, 0.717) is 6.42 Å². The van der Waals surface area contributed by atoms with Crippen LogP contribution in [0.25, 0.3) is 0 Å². The molecule has 1 atom stereocenters. The maximum atomic E-state index is 10.2. The van der Waals surface area contributed by atoms with Crippen LogP contribution in [-0.4, -0.2) is 12.6 Å².